The average molecular weight is 258 g/mol. The van der Waals surface area contributed by atoms with Crippen molar-refractivity contribution in [3.05, 3.63) is 42.0 Å². The van der Waals surface area contributed by atoms with Crippen LogP contribution in [0.1, 0.15) is 18.4 Å². The summed E-state index contributed by atoms with van der Waals surface area (Å²) < 4.78 is 0. The molecule has 0 radical (unpaired) electrons. The lowest BCUT2D eigenvalue weighted by Gasteiger charge is -2.27. The second-order valence-electron chi connectivity index (χ2n) is 5.16. The number of amides is 1. The van der Waals surface area contributed by atoms with E-state index in [1.54, 1.807) is 6.08 Å². The lowest BCUT2D eigenvalue weighted by molar-refractivity contribution is -0.125. The van der Waals surface area contributed by atoms with Gasteiger partial charge in [0.05, 0.1) is 0 Å². The minimum absolute atomic E-state index is 0.0855. The van der Waals surface area contributed by atoms with Gasteiger partial charge in [0, 0.05) is 19.7 Å². The number of hydrogen-bond donors (Lipinski definition) is 1. The summed E-state index contributed by atoms with van der Waals surface area (Å²) in [7, 11) is 1.89. The molecule has 0 spiro atoms. The number of nitrogens with one attached hydrogen (secondary N) is 1. The molecular formula is C16H22N2O. The normalized spacial score (nSPS) is 16.7. The number of nitrogens with zero attached hydrogens (tertiary/aromatic N) is 1. The Kier molecular flexibility index (Phi) is 5.16. The topological polar surface area (TPSA) is 32.3 Å². The van der Waals surface area contributed by atoms with Gasteiger partial charge in [-0.25, -0.2) is 0 Å². The summed E-state index contributed by atoms with van der Waals surface area (Å²) in [5, 5.41) is 3.35. The van der Waals surface area contributed by atoms with Gasteiger partial charge in [-0.05, 0) is 43.5 Å². The first-order chi connectivity index (χ1) is 9.25. The maximum absolute atomic E-state index is 12.0. The van der Waals surface area contributed by atoms with Gasteiger partial charge in [-0.2, -0.15) is 0 Å². The summed E-state index contributed by atoms with van der Waals surface area (Å²) in [5.74, 6) is 0.725. The third kappa shape index (κ3) is 4.52. The summed E-state index contributed by atoms with van der Waals surface area (Å²) in [6.45, 7) is 3.01. The molecule has 0 aromatic heterocycles. The summed E-state index contributed by atoms with van der Waals surface area (Å²) in [4.78, 5) is 13.8. The van der Waals surface area contributed by atoms with Crippen molar-refractivity contribution >= 4 is 12.0 Å². The van der Waals surface area contributed by atoms with Gasteiger partial charge >= 0.3 is 0 Å². The first-order valence-corrected chi connectivity index (χ1v) is 6.94. The van der Waals surface area contributed by atoms with Crippen LogP contribution < -0.4 is 5.32 Å². The van der Waals surface area contributed by atoms with Crippen LogP contribution in [0.4, 0.5) is 0 Å². The Bertz CT molecular complexity index is 422. The molecule has 19 heavy (non-hydrogen) atoms. The van der Waals surface area contributed by atoms with E-state index in [-0.39, 0.29) is 5.91 Å². The van der Waals surface area contributed by atoms with Crippen molar-refractivity contribution < 1.29 is 4.79 Å². The minimum atomic E-state index is 0.0855. The summed E-state index contributed by atoms with van der Waals surface area (Å²) in [5.41, 5.74) is 1.06. The molecule has 3 heteroatoms. The van der Waals surface area contributed by atoms with E-state index in [9.17, 15) is 4.79 Å². The fourth-order valence-electron chi connectivity index (χ4n) is 2.40. The molecule has 1 saturated heterocycles. The standard InChI is InChI=1S/C16H22N2O/c1-18(13-15-9-11-17-12-10-15)16(19)8-7-14-5-3-2-4-6-14/h2-8,15,17H,9-13H2,1H3. The summed E-state index contributed by atoms with van der Waals surface area (Å²) >= 11 is 0. The molecule has 1 fully saturated rings. The molecular weight excluding hydrogens is 236 g/mol. The van der Waals surface area contributed by atoms with E-state index >= 15 is 0 Å². The van der Waals surface area contributed by atoms with Crippen LogP contribution in [0.15, 0.2) is 36.4 Å². The van der Waals surface area contributed by atoms with E-state index < -0.39 is 0 Å². The molecule has 1 heterocycles. The number of piperidine rings is 1. The highest BCUT2D eigenvalue weighted by atomic mass is 16.2. The Hall–Kier alpha value is -1.61. The molecule has 3 nitrogen and oxygen atoms in total. The minimum Gasteiger partial charge on any atom is -0.342 e. The first-order valence-electron chi connectivity index (χ1n) is 6.94. The highest BCUT2D eigenvalue weighted by Crippen LogP contribution is 2.13. The molecule has 0 aliphatic carbocycles. The first kappa shape index (κ1) is 13.8. The Labute approximate surface area is 115 Å². The molecule has 102 valence electrons. The van der Waals surface area contributed by atoms with E-state index in [2.05, 4.69) is 5.32 Å². The number of rotatable bonds is 4. The maximum atomic E-state index is 12.0. The Balaban J connectivity index is 1.83. The zero-order valence-electron chi connectivity index (χ0n) is 11.5. The van der Waals surface area contributed by atoms with Gasteiger partial charge in [0.2, 0.25) is 5.91 Å². The number of carbonyl (C=O) groups excluding carboxylic acids is 1. The van der Waals surface area contributed by atoms with E-state index in [4.69, 9.17) is 0 Å². The van der Waals surface area contributed by atoms with Gasteiger partial charge in [-0.15, -0.1) is 0 Å². The number of carbonyl (C=O) groups is 1. The van der Waals surface area contributed by atoms with Gasteiger partial charge in [0.1, 0.15) is 0 Å². The van der Waals surface area contributed by atoms with Crippen LogP contribution >= 0.6 is 0 Å². The average Bonchev–Trinajstić information content (AvgIpc) is 2.47. The lowest BCUT2D eigenvalue weighted by atomic mass is 9.98. The van der Waals surface area contributed by atoms with E-state index in [1.807, 2.05) is 48.4 Å². The van der Waals surface area contributed by atoms with Crippen LogP contribution in [0.5, 0.6) is 0 Å². The molecule has 1 aliphatic heterocycles. The highest BCUT2D eigenvalue weighted by molar-refractivity contribution is 5.91. The van der Waals surface area contributed by atoms with Crippen molar-refractivity contribution in [2.24, 2.45) is 5.92 Å². The number of benzene rings is 1. The van der Waals surface area contributed by atoms with Gasteiger partial charge < -0.3 is 10.2 Å². The van der Waals surface area contributed by atoms with Crippen LogP contribution in [0.3, 0.4) is 0 Å². The fraction of sp³-hybridized carbons (Fsp3) is 0.438. The predicted molar refractivity (Wildman–Crippen MR) is 78.7 cm³/mol. The molecule has 1 N–H and O–H groups in total. The molecule has 0 saturated carbocycles. The Morgan fingerprint density at radius 1 is 1.32 bits per heavy atom. The Morgan fingerprint density at radius 2 is 2.00 bits per heavy atom. The van der Waals surface area contributed by atoms with E-state index in [1.165, 1.54) is 12.8 Å². The molecule has 1 aromatic carbocycles. The van der Waals surface area contributed by atoms with Crippen molar-refractivity contribution in [3.8, 4) is 0 Å². The third-order valence-corrected chi connectivity index (χ3v) is 3.58. The van der Waals surface area contributed by atoms with Crippen molar-refractivity contribution in [1.29, 1.82) is 0 Å². The zero-order valence-corrected chi connectivity index (χ0v) is 11.5. The number of likely N-dealkylation sites (N-methyl/N-ethyl adjacent to an activating group) is 1. The lowest BCUT2D eigenvalue weighted by Crippen LogP contribution is -2.36. The molecule has 2 rings (SSSR count). The molecule has 0 unspecified atom stereocenters. The quantitative estimate of drug-likeness (QED) is 0.839. The van der Waals surface area contributed by atoms with Crippen molar-refractivity contribution in [2.45, 2.75) is 12.8 Å². The molecule has 0 bridgehead atoms. The molecule has 0 atom stereocenters. The largest absolute Gasteiger partial charge is 0.342 e. The van der Waals surface area contributed by atoms with Crippen molar-refractivity contribution in [1.82, 2.24) is 10.2 Å². The van der Waals surface area contributed by atoms with Gasteiger partial charge in [0.15, 0.2) is 0 Å². The van der Waals surface area contributed by atoms with Gasteiger partial charge in [0.25, 0.3) is 0 Å². The van der Waals surface area contributed by atoms with Crippen LogP contribution in [-0.4, -0.2) is 37.5 Å². The molecule has 1 aliphatic rings. The third-order valence-electron chi connectivity index (χ3n) is 3.58. The SMILES string of the molecule is CN(CC1CCNCC1)C(=O)C=Cc1ccccc1. The fourth-order valence-corrected chi connectivity index (χ4v) is 2.40. The van der Waals surface area contributed by atoms with E-state index in [0.29, 0.717) is 5.92 Å². The van der Waals surface area contributed by atoms with Gasteiger partial charge in [-0.1, -0.05) is 30.3 Å². The van der Waals surface area contributed by atoms with Crippen LogP contribution in [-0.2, 0) is 4.79 Å². The smallest absolute Gasteiger partial charge is 0.246 e. The molecule has 1 aromatic rings. The van der Waals surface area contributed by atoms with Crippen LogP contribution in [0.25, 0.3) is 6.08 Å². The molecule has 1 amide bonds. The van der Waals surface area contributed by atoms with Crippen LogP contribution in [0, 0.1) is 5.92 Å². The maximum Gasteiger partial charge on any atom is 0.246 e. The Morgan fingerprint density at radius 3 is 2.68 bits per heavy atom. The van der Waals surface area contributed by atoms with Gasteiger partial charge in [-0.3, -0.25) is 4.79 Å². The zero-order chi connectivity index (χ0) is 13.5. The summed E-state index contributed by atoms with van der Waals surface area (Å²) in [6, 6.07) is 9.92. The predicted octanol–water partition coefficient (Wildman–Crippen LogP) is 2.16. The monoisotopic (exact) mass is 258 g/mol. The van der Waals surface area contributed by atoms with Crippen molar-refractivity contribution in [3.63, 3.8) is 0 Å². The second-order valence-corrected chi connectivity index (χ2v) is 5.16. The summed E-state index contributed by atoms with van der Waals surface area (Å²) in [6.07, 6.45) is 5.87. The van der Waals surface area contributed by atoms with E-state index in [0.717, 1.165) is 25.2 Å². The van der Waals surface area contributed by atoms with Crippen LogP contribution in [0.2, 0.25) is 0 Å². The highest BCUT2D eigenvalue weighted by Gasteiger charge is 2.16. The van der Waals surface area contributed by atoms with Crippen molar-refractivity contribution in [2.75, 3.05) is 26.7 Å². The second kappa shape index (κ2) is 7.10. The number of hydrogen-bond acceptors (Lipinski definition) is 2.